The van der Waals surface area contributed by atoms with Gasteiger partial charge in [-0.2, -0.15) is 0 Å². The third-order valence-electron chi connectivity index (χ3n) is 5.05. The lowest BCUT2D eigenvalue weighted by Gasteiger charge is -2.39. The van der Waals surface area contributed by atoms with Crippen LogP contribution in [0.2, 0.25) is 0 Å². The van der Waals surface area contributed by atoms with E-state index in [1.165, 1.54) is 18.4 Å². The fourth-order valence-electron chi connectivity index (χ4n) is 4.02. The summed E-state index contributed by atoms with van der Waals surface area (Å²) < 4.78 is 8.45. The number of rotatable bonds is 4. The van der Waals surface area contributed by atoms with E-state index in [0.717, 1.165) is 26.2 Å². The molecule has 4 rings (SSSR count). The summed E-state index contributed by atoms with van der Waals surface area (Å²) in [7, 11) is 0. The van der Waals surface area contributed by atoms with E-state index in [4.69, 9.17) is 4.74 Å². The third kappa shape index (κ3) is 2.81. The molecule has 2 aromatic heterocycles. The van der Waals surface area contributed by atoms with Gasteiger partial charge in [0.1, 0.15) is 0 Å². The van der Waals surface area contributed by atoms with Gasteiger partial charge in [-0.1, -0.05) is 6.07 Å². The minimum Gasteiger partial charge on any atom is -0.375 e. The van der Waals surface area contributed by atoms with Crippen LogP contribution in [0.15, 0.2) is 49.1 Å². The Labute approximate surface area is 131 Å². The topological polar surface area (TPSA) is 30.3 Å². The van der Waals surface area contributed by atoms with Crippen molar-refractivity contribution in [3.63, 3.8) is 0 Å². The molecule has 3 atom stereocenters. The van der Waals surface area contributed by atoms with Gasteiger partial charge in [-0.05, 0) is 36.6 Å². The minimum absolute atomic E-state index is 0.382. The maximum absolute atomic E-state index is 6.16. The maximum Gasteiger partial charge on any atom is 0.0776 e. The van der Waals surface area contributed by atoms with Crippen LogP contribution in [0.3, 0.4) is 0 Å². The van der Waals surface area contributed by atoms with Gasteiger partial charge in [-0.3, -0.25) is 9.88 Å². The van der Waals surface area contributed by atoms with E-state index in [-0.39, 0.29) is 0 Å². The SMILES string of the molecule is c1cncc(CN2CCO[C@H]3[C@@H](Cn4cccc4)CC[C@@H]32)c1. The molecule has 116 valence electrons. The predicted octanol–water partition coefficient (Wildman–Crippen LogP) is 2.56. The van der Waals surface area contributed by atoms with Crippen LogP contribution in [0.5, 0.6) is 0 Å². The standard InChI is InChI=1S/C18H23N3O/c1-2-9-20(8-1)14-16-5-6-17-18(16)22-11-10-21(17)13-15-4-3-7-19-12-15/h1-4,7-9,12,16-18H,5-6,10-11,13-14H2/t16-,17+,18+/m1/s1. The summed E-state index contributed by atoms with van der Waals surface area (Å²) in [5.41, 5.74) is 1.30. The molecule has 1 saturated heterocycles. The Morgan fingerprint density at radius 2 is 2.09 bits per heavy atom. The van der Waals surface area contributed by atoms with Gasteiger partial charge in [-0.15, -0.1) is 0 Å². The average molecular weight is 297 g/mol. The zero-order valence-electron chi connectivity index (χ0n) is 12.8. The number of morpholine rings is 1. The van der Waals surface area contributed by atoms with Crippen LogP contribution in [-0.2, 0) is 17.8 Å². The molecule has 2 aliphatic rings. The summed E-state index contributed by atoms with van der Waals surface area (Å²) in [5, 5.41) is 0. The van der Waals surface area contributed by atoms with Gasteiger partial charge in [0.2, 0.25) is 0 Å². The first kappa shape index (κ1) is 14.0. The Morgan fingerprint density at radius 1 is 1.18 bits per heavy atom. The molecular weight excluding hydrogens is 274 g/mol. The number of pyridine rings is 1. The second-order valence-corrected chi connectivity index (χ2v) is 6.45. The van der Waals surface area contributed by atoms with Crippen LogP contribution in [0.4, 0.5) is 0 Å². The lowest BCUT2D eigenvalue weighted by molar-refractivity contribution is -0.0786. The van der Waals surface area contributed by atoms with E-state index in [9.17, 15) is 0 Å². The lowest BCUT2D eigenvalue weighted by Crippen LogP contribution is -2.50. The molecule has 1 saturated carbocycles. The molecule has 2 aromatic rings. The molecule has 0 amide bonds. The van der Waals surface area contributed by atoms with Crippen LogP contribution in [0.1, 0.15) is 18.4 Å². The van der Waals surface area contributed by atoms with Gasteiger partial charge in [0.15, 0.2) is 0 Å². The predicted molar refractivity (Wildman–Crippen MR) is 85.3 cm³/mol. The Balaban J connectivity index is 1.44. The number of aromatic nitrogens is 2. The summed E-state index contributed by atoms with van der Waals surface area (Å²) >= 11 is 0. The van der Waals surface area contributed by atoms with Crippen molar-refractivity contribution in [2.75, 3.05) is 13.2 Å². The van der Waals surface area contributed by atoms with Crippen LogP contribution in [0, 0.1) is 5.92 Å². The third-order valence-corrected chi connectivity index (χ3v) is 5.05. The molecule has 2 fully saturated rings. The van der Waals surface area contributed by atoms with Crippen molar-refractivity contribution >= 4 is 0 Å². The molecule has 22 heavy (non-hydrogen) atoms. The summed E-state index contributed by atoms with van der Waals surface area (Å²) in [4.78, 5) is 6.84. The molecule has 0 unspecified atom stereocenters. The van der Waals surface area contributed by atoms with Crippen LogP contribution < -0.4 is 0 Å². The summed E-state index contributed by atoms with van der Waals surface area (Å²) in [6, 6.07) is 8.96. The highest BCUT2D eigenvalue weighted by Gasteiger charge is 2.42. The fourth-order valence-corrected chi connectivity index (χ4v) is 4.02. The van der Waals surface area contributed by atoms with Gasteiger partial charge in [0, 0.05) is 56.4 Å². The molecule has 1 aliphatic heterocycles. The van der Waals surface area contributed by atoms with Crippen LogP contribution in [0.25, 0.3) is 0 Å². The van der Waals surface area contributed by atoms with Gasteiger partial charge in [0.25, 0.3) is 0 Å². The van der Waals surface area contributed by atoms with Crippen molar-refractivity contribution in [3.05, 3.63) is 54.6 Å². The molecule has 1 aliphatic carbocycles. The zero-order chi connectivity index (χ0) is 14.8. The Bertz CT molecular complexity index is 584. The molecule has 4 heteroatoms. The number of fused-ring (bicyclic) bond motifs is 1. The van der Waals surface area contributed by atoms with Crippen molar-refractivity contribution in [3.8, 4) is 0 Å². The van der Waals surface area contributed by atoms with Crippen molar-refractivity contribution in [2.24, 2.45) is 5.92 Å². The van der Waals surface area contributed by atoms with E-state index in [1.54, 1.807) is 0 Å². The van der Waals surface area contributed by atoms with E-state index in [1.807, 2.05) is 18.5 Å². The highest BCUT2D eigenvalue weighted by Crippen LogP contribution is 2.36. The second-order valence-electron chi connectivity index (χ2n) is 6.45. The Kier molecular flexibility index (Phi) is 3.95. The molecule has 0 bridgehead atoms. The normalized spacial score (nSPS) is 28.6. The quantitative estimate of drug-likeness (QED) is 0.869. The van der Waals surface area contributed by atoms with Crippen LogP contribution >= 0.6 is 0 Å². The summed E-state index contributed by atoms with van der Waals surface area (Å²) in [6.45, 7) is 3.96. The average Bonchev–Trinajstić information content (AvgIpc) is 3.20. The van der Waals surface area contributed by atoms with Gasteiger partial charge in [0.05, 0.1) is 12.7 Å². The van der Waals surface area contributed by atoms with Gasteiger partial charge < -0.3 is 9.30 Å². The summed E-state index contributed by atoms with van der Waals surface area (Å²) in [5.74, 6) is 0.633. The highest BCUT2D eigenvalue weighted by atomic mass is 16.5. The smallest absolute Gasteiger partial charge is 0.0776 e. The largest absolute Gasteiger partial charge is 0.375 e. The van der Waals surface area contributed by atoms with E-state index in [2.05, 4.69) is 45.0 Å². The molecule has 0 N–H and O–H groups in total. The summed E-state index contributed by atoms with van der Waals surface area (Å²) in [6.07, 6.45) is 11.0. The Hall–Kier alpha value is -1.65. The number of ether oxygens (including phenoxy) is 1. The molecule has 0 aromatic carbocycles. The van der Waals surface area contributed by atoms with E-state index in [0.29, 0.717) is 18.1 Å². The van der Waals surface area contributed by atoms with Crippen molar-refractivity contribution < 1.29 is 4.74 Å². The zero-order valence-corrected chi connectivity index (χ0v) is 12.8. The Morgan fingerprint density at radius 3 is 2.91 bits per heavy atom. The fraction of sp³-hybridized carbons (Fsp3) is 0.500. The monoisotopic (exact) mass is 297 g/mol. The number of hydrogen-bond donors (Lipinski definition) is 0. The van der Waals surface area contributed by atoms with Crippen molar-refractivity contribution in [1.29, 1.82) is 0 Å². The lowest BCUT2D eigenvalue weighted by atomic mass is 10.0. The van der Waals surface area contributed by atoms with E-state index < -0.39 is 0 Å². The molecule has 3 heterocycles. The molecule has 0 spiro atoms. The first-order valence-corrected chi connectivity index (χ1v) is 8.25. The maximum atomic E-state index is 6.16. The molecule has 0 radical (unpaired) electrons. The van der Waals surface area contributed by atoms with Gasteiger partial charge >= 0.3 is 0 Å². The van der Waals surface area contributed by atoms with Crippen LogP contribution in [-0.4, -0.2) is 39.7 Å². The van der Waals surface area contributed by atoms with Crippen molar-refractivity contribution in [1.82, 2.24) is 14.5 Å². The molecule has 4 nitrogen and oxygen atoms in total. The van der Waals surface area contributed by atoms with Gasteiger partial charge in [-0.25, -0.2) is 0 Å². The second kappa shape index (κ2) is 6.23. The minimum atomic E-state index is 0.382. The first-order valence-electron chi connectivity index (χ1n) is 8.25. The molecular formula is C18H23N3O. The van der Waals surface area contributed by atoms with Crippen molar-refractivity contribution in [2.45, 2.75) is 38.1 Å². The highest BCUT2D eigenvalue weighted by molar-refractivity contribution is 5.09. The number of hydrogen-bond acceptors (Lipinski definition) is 3. The first-order chi connectivity index (χ1) is 10.9. The number of nitrogens with zero attached hydrogens (tertiary/aromatic N) is 3. The van der Waals surface area contributed by atoms with E-state index >= 15 is 0 Å².